The molecule has 2 heterocycles. The van der Waals surface area contributed by atoms with Crippen molar-refractivity contribution >= 4 is 5.78 Å². The lowest BCUT2D eigenvalue weighted by Crippen LogP contribution is -2.26. The van der Waals surface area contributed by atoms with E-state index >= 15 is 0 Å². The van der Waals surface area contributed by atoms with Gasteiger partial charge in [0.25, 0.3) is 0 Å². The molecule has 0 amide bonds. The Morgan fingerprint density at radius 3 is 2.78 bits per heavy atom. The molecule has 0 aliphatic heterocycles. The van der Waals surface area contributed by atoms with Gasteiger partial charge in [-0.3, -0.25) is 9.30 Å². The molecule has 0 atom stereocenters. The lowest BCUT2D eigenvalue weighted by atomic mass is 10.3. The molecule has 2 rings (SSSR count). The van der Waals surface area contributed by atoms with E-state index in [0.29, 0.717) is 6.54 Å². The van der Waals surface area contributed by atoms with Crippen molar-refractivity contribution in [3.05, 3.63) is 29.3 Å². The van der Waals surface area contributed by atoms with Gasteiger partial charge in [0, 0.05) is 30.7 Å². The van der Waals surface area contributed by atoms with E-state index in [1.54, 1.807) is 0 Å². The van der Waals surface area contributed by atoms with Gasteiger partial charge in [-0.2, -0.15) is 0 Å². The minimum absolute atomic E-state index is 0.178. The fourth-order valence-electron chi connectivity index (χ4n) is 2.11. The standard InChI is InChI=1S/C13H20N4O/c1-4-16(5-6-18)8-12-9-17-11(3)7-10(2)14-13(17)15-12/h7,9,18H,4-6,8H2,1-3H3. The summed E-state index contributed by atoms with van der Waals surface area (Å²) in [5.74, 6) is 0.752. The SMILES string of the molecule is CCN(CCO)Cc1cn2c(C)cc(C)nc2n1. The Balaban J connectivity index is 2.27. The van der Waals surface area contributed by atoms with Gasteiger partial charge in [0.1, 0.15) is 0 Å². The predicted molar refractivity (Wildman–Crippen MR) is 70.5 cm³/mol. The van der Waals surface area contributed by atoms with Crippen LogP contribution in [0.25, 0.3) is 5.78 Å². The number of aliphatic hydroxyl groups is 1. The molecule has 0 radical (unpaired) electrons. The normalized spacial score (nSPS) is 11.6. The van der Waals surface area contributed by atoms with E-state index in [4.69, 9.17) is 5.11 Å². The number of likely N-dealkylation sites (N-methyl/N-ethyl adjacent to an activating group) is 1. The van der Waals surface area contributed by atoms with Crippen LogP contribution in [0.2, 0.25) is 0 Å². The minimum Gasteiger partial charge on any atom is -0.395 e. The van der Waals surface area contributed by atoms with E-state index in [1.807, 2.05) is 23.6 Å². The summed E-state index contributed by atoms with van der Waals surface area (Å²) in [4.78, 5) is 11.1. The van der Waals surface area contributed by atoms with Gasteiger partial charge in [0.15, 0.2) is 0 Å². The van der Waals surface area contributed by atoms with E-state index in [0.717, 1.165) is 35.9 Å². The molecule has 98 valence electrons. The number of nitrogens with zero attached hydrogens (tertiary/aromatic N) is 4. The maximum atomic E-state index is 8.99. The van der Waals surface area contributed by atoms with E-state index in [1.165, 1.54) is 0 Å². The molecular weight excluding hydrogens is 228 g/mol. The monoisotopic (exact) mass is 248 g/mol. The summed E-state index contributed by atoms with van der Waals surface area (Å²) in [7, 11) is 0. The summed E-state index contributed by atoms with van der Waals surface area (Å²) in [5, 5.41) is 8.99. The molecule has 18 heavy (non-hydrogen) atoms. The lowest BCUT2D eigenvalue weighted by Gasteiger charge is -2.17. The first-order valence-electron chi connectivity index (χ1n) is 6.29. The van der Waals surface area contributed by atoms with Crippen LogP contribution in [-0.2, 0) is 6.54 Å². The van der Waals surface area contributed by atoms with E-state index in [2.05, 4.69) is 28.7 Å². The molecular formula is C13H20N4O. The molecule has 0 saturated heterocycles. The second-order valence-corrected chi connectivity index (χ2v) is 4.53. The molecule has 0 aliphatic rings. The highest BCUT2D eigenvalue weighted by molar-refractivity contribution is 5.34. The smallest absolute Gasteiger partial charge is 0.234 e. The van der Waals surface area contributed by atoms with Crippen LogP contribution < -0.4 is 0 Å². The second-order valence-electron chi connectivity index (χ2n) is 4.53. The highest BCUT2D eigenvalue weighted by Crippen LogP contribution is 2.10. The van der Waals surface area contributed by atoms with E-state index in [9.17, 15) is 0 Å². The summed E-state index contributed by atoms with van der Waals surface area (Å²) >= 11 is 0. The fourth-order valence-corrected chi connectivity index (χ4v) is 2.11. The molecule has 0 aromatic carbocycles. The highest BCUT2D eigenvalue weighted by atomic mass is 16.3. The van der Waals surface area contributed by atoms with Crippen LogP contribution in [0.5, 0.6) is 0 Å². The molecule has 0 fully saturated rings. The van der Waals surface area contributed by atoms with Gasteiger partial charge in [0.05, 0.1) is 12.3 Å². The number of aromatic nitrogens is 3. The Morgan fingerprint density at radius 1 is 1.33 bits per heavy atom. The van der Waals surface area contributed by atoms with Crippen molar-refractivity contribution in [2.45, 2.75) is 27.3 Å². The Bertz CT molecular complexity index is 535. The zero-order chi connectivity index (χ0) is 13.1. The van der Waals surface area contributed by atoms with Crippen LogP contribution in [0.4, 0.5) is 0 Å². The Kier molecular flexibility index (Phi) is 3.93. The van der Waals surface area contributed by atoms with Crippen molar-refractivity contribution in [2.75, 3.05) is 19.7 Å². The summed E-state index contributed by atoms with van der Waals surface area (Å²) in [6.07, 6.45) is 2.02. The molecule has 0 bridgehead atoms. The predicted octanol–water partition coefficient (Wildman–Crippen LogP) is 1.16. The molecule has 1 N–H and O–H groups in total. The number of fused-ring (bicyclic) bond motifs is 1. The summed E-state index contributed by atoms with van der Waals surface area (Å²) in [6, 6.07) is 2.05. The number of hydrogen-bond acceptors (Lipinski definition) is 4. The van der Waals surface area contributed by atoms with E-state index < -0.39 is 0 Å². The topological polar surface area (TPSA) is 53.7 Å². The number of aryl methyl sites for hydroxylation is 2. The van der Waals surface area contributed by atoms with Crippen LogP contribution in [-0.4, -0.2) is 44.1 Å². The highest BCUT2D eigenvalue weighted by Gasteiger charge is 2.09. The third kappa shape index (κ3) is 2.68. The van der Waals surface area contributed by atoms with Crippen LogP contribution in [0.1, 0.15) is 24.0 Å². The largest absolute Gasteiger partial charge is 0.395 e. The molecule has 0 spiro atoms. The average molecular weight is 248 g/mol. The molecule has 0 saturated carbocycles. The zero-order valence-corrected chi connectivity index (χ0v) is 11.2. The van der Waals surface area contributed by atoms with Gasteiger partial charge in [-0.15, -0.1) is 0 Å². The summed E-state index contributed by atoms with van der Waals surface area (Å²) in [6.45, 7) is 8.62. The maximum Gasteiger partial charge on any atom is 0.234 e. The van der Waals surface area contributed by atoms with Gasteiger partial charge in [-0.05, 0) is 26.5 Å². The van der Waals surface area contributed by atoms with Gasteiger partial charge >= 0.3 is 0 Å². The Hall–Kier alpha value is -1.46. The first-order chi connectivity index (χ1) is 8.63. The Morgan fingerprint density at radius 2 is 2.11 bits per heavy atom. The summed E-state index contributed by atoms with van der Waals surface area (Å²) < 4.78 is 2.01. The zero-order valence-electron chi connectivity index (χ0n) is 11.2. The molecule has 0 aliphatic carbocycles. The fraction of sp³-hybridized carbons (Fsp3) is 0.538. The van der Waals surface area contributed by atoms with Crippen molar-refractivity contribution in [1.29, 1.82) is 0 Å². The van der Waals surface area contributed by atoms with E-state index in [-0.39, 0.29) is 6.61 Å². The minimum atomic E-state index is 0.178. The average Bonchev–Trinajstić information content (AvgIpc) is 2.71. The first kappa shape index (κ1) is 13.0. The van der Waals surface area contributed by atoms with Gasteiger partial charge < -0.3 is 5.11 Å². The van der Waals surface area contributed by atoms with Crippen molar-refractivity contribution in [3.63, 3.8) is 0 Å². The second kappa shape index (κ2) is 5.46. The summed E-state index contributed by atoms with van der Waals surface area (Å²) in [5.41, 5.74) is 3.12. The van der Waals surface area contributed by atoms with Crippen LogP contribution in [0.15, 0.2) is 12.3 Å². The maximum absolute atomic E-state index is 8.99. The molecule has 5 heteroatoms. The number of aliphatic hydroxyl groups excluding tert-OH is 1. The molecule has 2 aromatic heterocycles. The van der Waals surface area contributed by atoms with Gasteiger partial charge in [-0.1, -0.05) is 6.92 Å². The first-order valence-corrected chi connectivity index (χ1v) is 6.29. The Labute approximate surface area is 107 Å². The van der Waals surface area contributed by atoms with Gasteiger partial charge in [0.2, 0.25) is 5.78 Å². The quantitative estimate of drug-likeness (QED) is 0.862. The van der Waals surface area contributed by atoms with Crippen molar-refractivity contribution < 1.29 is 5.11 Å². The van der Waals surface area contributed by atoms with Crippen LogP contribution in [0, 0.1) is 13.8 Å². The number of hydrogen-bond donors (Lipinski definition) is 1. The van der Waals surface area contributed by atoms with Crippen molar-refractivity contribution in [2.24, 2.45) is 0 Å². The van der Waals surface area contributed by atoms with Crippen molar-refractivity contribution in [3.8, 4) is 0 Å². The molecule has 0 unspecified atom stereocenters. The molecule has 2 aromatic rings. The number of rotatable bonds is 5. The molecule has 5 nitrogen and oxygen atoms in total. The third-order valence-electron chi connectivity index (χ3n) is 3.06. The number of imidazole rings is 1. The lowest BCUT2D eigenvalue weighted by molar-refractivity contribution is 0.195. The van der Waals surface area contributed by atoms with Crippen LogP contribution >= 0.6 is 0 Å². The van der Waals surface area contributed by atoms with Gasteiger partial charge in [-0.25, -0.2) is 9.97 Å². The third-order valence-corrected chi connectivity index (χ3v) is 3.06. The van der Waals surface area contributed by atoms with Crippen LogP contribution in [0.3, 0.4) is 0 Å². The van der Waals surface area contributed by atoms with Crippen molar-refractivity contribution in [1.82, 2.24) is 19.3 Å².